The van der Waals surface area contributed by atoms with Crippen LogP contribution in [0.2, 0.25) is 0 Å². The Labute approximate surface area is 203 Å². The van der Waals surface area contributed by atoms with E-state index in [9.17, 15) is 5.21 Å². The first-order valence-electron chi connectivity index (χ1n) is 11.8. The molecule has 5 aromatic rings. The molecular formula is C29H25N3O3. The number of anilines is 1. The fraction of sp³-hybridized carbons (Fsp3) is 0.172. The molecule has 174 valence electrons. The third-order valence-electron chi connectivity index (χ3n) is 6.65. The lowest BCUT2D eigenvalue weighted by atomic mass is 9.95. The lowest BCUT2D eigenvalue weighted by Gasteiger charge is -2.37. The van der Waals surface area contributed by atoms with Crippen molar-refractivity contribution in [2.45, 2.75) is 32.7 Å². The van der Waals surface area contributed by atoms with E-state index in [4.69, 9.17) is 9.15 Å². The summed E-state index contributed by atoms with van der Waals surface area (Å²) < 4.78 is 12.3. The fourth-order valence-corrected chi connectivity index (χ4v) is 4.90. The second-order valence-electron chi connectivity index (χ2n) is 8.97. The number of benzene rings is 3. The maximum Gasteiger partial charge on any atom is 0.230 e. The lowest BCUT2D eigenvalue weighted by Crippen LogP contribution is -2.42. The summed E-state index contributed by atoms with van der Waals surface area (Å²) in [5.41, 5.74) is 5.33. The first-order chi connectivity index (χ1) is 17.1. The summed E-state index contributed by atoms with van der Waals surface area (Å²) in [6.45, 7) is 4.05. The fourth-order valence-electron chi connectivity index (χ4n) is 4.90. The summed E-state index contributed by atoms with van der Waals surface area (Å²) in [6, 6.07) is 25.9. The molecule has 35 heavy (non-hydrogen) atoms. The minimum Gasteiger partial charge on any atom is -0.456 e. The molecule has 0 fully saturated rings. The molecule has 3 heterocycles. The SMILES string of the molecule is Cc1ccc(/C(=N/O)N2c3ccccc3CCC2C)c(Oc2ccc3oc4ccccc4c3c2)n1. The zero-order valence-corrected chi connectivity index (χ0v) is 19.6. The van der Waals surface area contributed by atoms with Crippen molar-refractivity contribution in [2.24, 2.45) is 5.16 Å². The molecule has 0 aliphatic carbocycles. The molecule has 1 aliphatic heterocycles. The number of oxime groups is 1. The third-order valence-corrected chi connectivity index (χ3v) is 6.65. The van der Waals surface area contributed by atoms with Gasteiger partial charge in [0.1, 0.15) is 16.9 Å². The predicted molar refractivity (Wildman–Crippen MR) is 138 cm³/mol. The smallest absolute Gasteiger partial charge is 0.230 e. The van der Waals surface area contributed by atoms with E-state index in [0.29, 0.717) is 23.0 Å². The monoisotopic (exact) mass is 463 g/mol. The van der Waals surface area contributed by atoms with Crippen molar-refractivity contribution in [3.63, 3.8) is 0 Å². The number of pyridine rings is 1. The van der Waals surface area contributed by atoms with Crippen LogP contribution in [0.1, 0.15) is 30.2 Å². The predicted octanol–water partition coefficient (Wildman–Crippen LogP) is 7.06. The largest absolute Gasteiger partial charge is 0.456 e. The Hall–Kier alpha value is -4.32. The molecule has 1 aliphatic rings. The van der Waals surface area contributed by atoms with E-state index in [0.717, 1.165) is 46.2 Å². The number of ether oxygens (including phenoxy) is 1. The van der Waals surface area contributed by atoms with E-state index < -0.39 is 0 Å². The van der Waals surface area contributed by atoms with Gasteiger partial charge in [-0.05, 0) is 74.7 Å². The van der Waals surface area contributed by atoms with Crippen LogP contribution in [0.4, 0.5) is 5.69 Å². The highest BCUT2D eigenvalue weighted by Crippen LogP contribution is 2.36. The Kier molecular flexibility index (Phi) is 5.14. The number of hydrogen-bond acceptors (Lipinski definition) is 5. The van der Waals surface area contributed by atoms with Gasteiger partial charge in [0, 0.05) is 28.2 Å². The highest BCUT2D eigenvalue weighted by atomic mass is 16.5. The maximum absolute atomic E-state index is 10.2. The van der Waals surface area contributed by atoms with Gasteiger partial charge in [-0.1, -0.05) is 41.6 Å². The molecule has 6 rings (SSSR count). The second-order valence-corrected chi connectivity index (χ2v) is 8.97. The summed E-state index contributed by atoms with van der Waals surface area (Å²) in [5, 5.41) is 16.0. The van der Waals surface area contributed by atoms with Crippen molar-refractivity contribution in [1.29, 1.82) is 0 Å². The number of hydrogen-bond donors (Lipinski definition) is 1. The van der Waals surface area contributed by atoms with Crippen molar-refractivity contribution in [3.8, 4) is 11.6 Å². The molecular weight excluding hydrogens is 438 g/mol. The van der Waals surface area contributed by atoms with Gasteiger partial charge in [-0.3, -0.25) is 0 Å². The summed E-state index contributed by atoms with van der Waals surface area (Å²) in [4.78, 5) is 6.75. The third kappa shape index (κ3) is 3.67. The topological polar surface area (TPSA) is 71.1 Å². The number of aryl methyl sites for hydroxylation is 2. The van der Waals surface area contributed by atoms with Crippen LogP contribution < -0.4 is 9.64 Å². The summed E-state index contributed by atoms with van der Waals surface area (Å²) in [7, 11) is 0. The van der Waals surface area contributed by atoms with E-state index in [-0.39, 0.29) is 6.04 Å². The number of amidine groups is 1. The van der Waals surface area contributed by atoms with Crippen LogP contribution in [0.3, 0.4) is 0 Å². The molecule has 0 saturated heterocycles. The Balaban J connectivity index is 1.43. The summed E-state index contributed by atoms with van der Waals surface area (Å²) >= 11 is 0. The van der Waals surface area contributed by atoms with E-state index in [1.165, 1.54) is 5.56 Å². The summed E-state index contributed by atoms with van der Waals surface area (Å²) in [5.74, 6) is 1.44. The molecule has 0 spiro atoms. The molecule has 6 heteroatoms. The number of aromatic nitrogens is 1. The molecule has 3 aromatic carbocycles. The van der Waals surface area contributed by atoms with Crippen LogP contribution in [-0.2, 0) is 6.42 Å². The number of para-hydroxylation sites is 2. The van der Waals surface area contributed by atoms with Crippen LogP contribution in [0, 0.1) is 6.92 Å². The molecule has 0 saturated carbocycles. The van der Waals surface area contributed by atoms with Gasteiger partial charge >= 0.3 is 0 Å². The van der Waals surface area contributed by atoms with Gasteiger partial charge in [-0.25, -0.2) is 4.98 Å². The Morgan fingerprint density at radius 2 is 1.80 bits per heavy atom. The van der Waals surface area contributed by atoms with Crippen molar-refractivity contribution in [3.05, 3.63) is 95.7 Å². The van der Waals surface area contributed by atoms with Gasteiger partial charge in [0.25, 0.3) is 0 Å². The van der Waals surface area contributed by atoms with E-state index >= 15 is 0 Å². The van der Waals surface area contributed by atoms with Gasteiger partial charge in [0.15, 0.2) is 5.84 Å². The van der Waals surface area contributed by atoms with Crippen LogP contribution >= 0.6 is 0 Å². The van der Waals surface area contributed by atoms with Crippen molar-refractivity contribution in [2.75, 3.05) is 4.90 Å². The van der Waals surface area contributed by atoms with Crippen molar-refractivity contribution < 1.29 is 14.4 Å². The minimum atomic E-state index is 0.151. The normalized spacial score (nSPS) is 16.0. The first-order valence-corrected chi connectivity index (χ1v) is 11.8. The summed E-state index contributed by atoms with van der Waals surface area (Å²) in [6.07, 6.45) is 1.94. The average molecular weight is 464 g/mol. The molecule has 2 aromatic heterocycles. The zero-order chi connectivity index (χ0) is 23.9. The van der Waals surface area contributed by atoms with Gasteiger partial charge in [-0.2, -0.15) is 0 Å². The quantitative estimate of drug-likeness (QED) is 0.134. The van der Waals surface area contributed by atoms with Crippen LogP contribution in [-0.4, -0.2) is 22.1 Å². The van der Waals surface area contributed by atoms with Crippen molar-refractivity contribution >= 4 is 33.5 Å². The van der Waals surface area contributed by atoms with Gasteiger partial charge in [-0.15, -0.1) is 0 Å². The number of furan rings is 1. The van der Waals surface area contributed by atoms with Gasteiger partial charge in [0.05, 0.1) is 5.56 Å². The second kappa shape index (κ2) is 8.47. The highest BCUT2D eigenvalue weighted by molar-refractivity contribution is 6.12. The zero-order valence-electron chi connectivity index (χ0n) is 19.6. The molecule has 0 bridgehead atoms. The number of nitrogens with zero attached hydrogens (tertiary/aromatic N) is 3. The maximum atomic E-state index is 10.2. The van der Waals surface area contributed by atoms with Crippen molar-refractivity contribution in [1.82, 2.24) is 4.98 Å². The molecule has 1 unspecified atom stereocenters. The van der Waals surface area contributed by atoms with Crippen LogP contribution in [0.5, 0.6) is 11.6 Å². The Morgan fingerprint density at radius 3 is 2.69 bits per heavy atom. The molecule has 0 amide bonds. The standard InChI is InChI=1S/C29H25N3O3/c1-18-11-15-23(28(31-33)32-19(2)12-13-20-7-3-5-9-25(20)32)29(30-18)34-21-14-16-27-24(17-21)22-8-4-6-10-26(22)35-27/h3-11,14-17,19,33H,12-13H2,1-2H3/b31-28-. The number of fused-ring (bicyclic) bond motifs is 4. The minimum absolute atomic E-state index is 0.151. The van der Waals surface area contributed by atoms with Crippen LogP contribution in [0.15, 0.2) is 88.4 Å². The van der Waals surface area contributed by atoms with Crippen LogP contribution in [0.25, 0.3) is 21.9 Å². The number of rotatable bonds is 3. The Bertz CT molecular complexity index is 1590. The molecule has 1 N–H and O–H groups in total. The molecule has 6 nitrogen and oxygen atoms in total. The average Bonchev–Trinajstić information content (AvgIpc) is 3.25. The highest BCUT2D eigenvalue weighted by Gasteiger charge is 2.30. The van der Waals surface area contributed by atoms with E-state index in [2.05, 4.69) is 34.1 Å². The molecule has 1 atom stereocenters. The molecule has 0 radical (unpaired) electrons. The Morgan fingerprint density at radius 1 is 1.00 bits per heavy atom. The van der Waals surface area contributed by atoms with E-state index in [1.807, 2.05) is 73.7 Å². The lowest BCUT2D eigenvalue weighted by molar-refractivity contribution is 0.317. The first kappa shape index (κ1) is 21.2. The van der Waals surface area contributed by atoms with E-state index in [1.54, 1.807) is 0 Å². The van der Waals surface area contributed by atoms with Gasteiger partial charge in [0.2, 0.25) is 5.88 Å². The van der Waals surface area contributed by atoms with Gasteiger partial charge < -0.3 is 19.3 Å².